The third-order valence-electron chi connectivity index (χ3n) is 1.79. The monoisotopic (exact) mass is 260 g/mol. The molecule has 0 aliphatic carbocycles. The molecule has 0 heterocycles. The average molecular weight is 261 g/mol. The Morgan fingerprint density at radius 3 is 2.47 bits per heavy atom. The molecule has 0 aromatic heterocycles. The summed E-state index contributed by atoms with van der Waals surface area (Å²) in [5.74, 6) is -0.811. The largest absolute Gasteiger partial charge is 0.481 e. The number of halogens is 2. The van der Waals surface area contributed by atoms with Crippen molar-refractivity contribution in [2.45, 2.75) is 38.6 Å². The minimum Gasteiger partial charge on any atom is -0.481 e. The Kier molecular flexibility index (Phi) is 19.0. The van der Waals surface area contributed by atoms with Gasteiger partial charge in [-0.25, -0.2) is 0 Å². The lowest BCUT2D eigenvalue weighted by atomic mass is 10.1. The normalized spacial score (nSPS) is 11.1. The van der Waals surface area contributed by atoms with Crippen LogP contribution in [-0.4, -0.2) is 30.2 Å². The number of nitrogens with one attached hydrogen (secondary N) is 1. The van der Waals surface area contributed by atoms with Gasteiger partial charge in [0.2, 0.25) is 0 Å². The van der Waals surface area contributed by atoms with Gasteiger partial charge in [0.25, 0.3) is 0 Å². The second-order valence-electron chi connectivity index (χ2n) is 3.25. The molecule has 15 heavy (non-hydrogen) atoms. The molecule has 6 heteroatoms. The maximum Gasteiger partial charge on any atom is 0.304 e. The third-order valence-corrected chi connectivity index (χ3v) is 1.79. The summed E-state index contributed by atoms with van der Waals surface area (Å²) >= 11 is 0. The van der Waals surface area contributed by atoms with Crippen LogP contribution in [0, 0.1) is 0 Å². The Balaban J connectivity index is -0.000000720. The minimum absolute atomic E-state index is 0. The van der Waals surface area contributed by atoms with Crippen LogP contribution < -0.4 is 11.1 Å². The Morgan fingerprint density at radius 2 is 2.00 bits per heavy atom. The van der Waals surface area contributed by atoms with Crippen molar-refractivity contribution in [2.75, 3.05) is 13.1 Å². The molecule has 0 radical (unpaired) electrons. The van der Waals surface area contributed by atoms with E-state index in [1.807, 2.05) is 0 Å². The van der Waals surface area contributed by atoms with Crippen molar-refractivity contribution >= 4 is 30.8 Å². The first-order valence-corrected chi connectivity index (χ1v) is 4.85. The molecule has 0 aromatic carbocycles. The fourth-order valence-electron chi connectivity index (χ4n) is 1.12. The second kappa shape index (κ2) is 14.0. The number of carboxylic acid groups (broad SMARTS) is 1. The lowest BCUT2D eigenvalue weighted by Crippen LogP contribution is -2.25. The van der Waals surface area contributed by atoms with E-state index in [4.69, 9.17) is 10.8 Å². The van der Waals surface area contributed by atoms with Gasteiger partial charge in [0.05, 0.1) is 6.42 Å². The van der Waals surface area contributed by atoms with Crippen LogP contribution in [0.4, 0.5) is 0 Å². The van der Waals surface area contributed by atoms with Gasteiger partial charge in [0.1, 0.15) is 0 Å². The van der Waals surface area contributed by atoms with E-state index in [1.54, 1.807) is 0 Å². The minimum atomic E-state index is -0.811. The molecule has 0 aliphatic heterocycles. The Morgan fingerprint density at radius 1 is 1.40 bits per heavy atom. The van der Waals surface area contributed by atoms with Gasteiger partial charge < -0.3 is 16.2 Å². The molecule has 1 atom stereocenters. The highest BCUT2D eigenvalue weighted by molar-refractivity contribution is 5.85. The fraction of sp³-hybridized carbons (Fsp3) is 0.889. The van der Waals surface area contributed by atoms with E-state index in [2.05, 4.69) is 12.2 Å². The number of carbonyl (C=O) groups is 1. The zero-order chi connectivity index (χ0) is 10.1. The number of carboxylic acids is 1. The molecule has 94 valence electrons. The lowest BCUT2D eigenvalue weighted by Gasteiger charge is -2.08. The summed E-state index contributed by atoms with van der Waals surface area (Å²) in [5, 5.41) is 11.7. The summed E-state index contributed by atoms with van der Waals surface area (Å²) in [6.45, 7) is 4.07. The molecule has 4 N–H and O–H groups in total. The summed E-state index contributed by atoms with van der Waals surface area (Å²) in [5.41, 5.74) is 5.58. The van der Waals surface area contributed by atoms with E-state index in [9.17, 15) is 4.79 Å². The number of rotatable bonds is 8. The van der Waals surface area contributed by atoms with Gasteiger partial charge in [-0.3, -0.25) is 4.79 Å². The summed E-state index contributed by atoms with van der Waals surface area (Å²) in [6, 6.07) is -0.194. The molecular formula is C9H22Cl2N2O2. The zero-order valence-electron chi connectivity index (χ0n) is 9.07. The van der Waals surface area contributed by atoms with Crippen LogP contribution in [0.1, 0.15) is 32.6 Å². The van der Waals surface area contributed by atoms with Gasteiger partial charge in [-0.1, -0.05) is 6.92 Å². The molecule has 0 spiro atoms. The quantitative estimate of drug-likeness (QED) is 0.577. The Bertz CT molecular complexity index is 148. The molecule has 0 aromatic rings. The van der Waals surface area contributed by atoms with Crippen molar-refractivity contribution < 1.29 is 9.90 Å². The first kappa shape index (κ1) is 20.4. The summed E-state index contributed by atoms with van der Waals surface area (Å²) in [4.78, 5) is 10.2. The van der Waals surface area contributed by atoms with Gasteiger partial charge in [0.15, 0.2) is 0 Å². The van der Waals surface area contributed by atoms with Crippen molar-refractivity contribution in [3.63, 3.8) is 0 Å². The lowest BCUT2D eigenvalue weighted by molar-refractivity contribution is -0.137. The predicted octanol–water partition coefficient (Wildman–Crippen LogP) is 1.41. The topological polar surface area (TPSA) is 75.3 Å². The molecule has 0 saturated heterocycles. The Labute approximate surface area is 104 Å². The van der Waals surface area contributed by atoms with Crippen molar-refractivity contribution in [2.24, 2.45) is 5.73 Å². The van der Waals surface area contributed by atoms with E-state index in [0.29, 0.717) is 0 Å². The maximum atomic E-state index is 10.2. The van der Waals surface area contributed by atoms with Crippen LogP contribution >= 0.6 is 24.8 Å². The number of hydrogen-bond acceptors (Lipinski definition) is 3. The number of hydrogen-bond donors (Lipinski definition) is 3. The van der Waals surface area contributed by atoms with Gasteiger partial charge in [-0.2, -0.15) is 0 Å². The van der Waals surface area contributed by atoms with E-state index in [1.165, 1.54) is 0 Å². The smallest absolute Gasteiger partial charge is 0.304 e. The van der Waals surface area contributed by atoms with E-state index >= 15 is 0 Å². The van der Waals surface area contributed by atoms with E-state index in [-0.39, 0.29) is 37.3 Å². The van der Waals surface area contributed by atoms with Crippen LogP contribution in [0.3, 0.4) is 0 Å². The van der Waals surface area contributed by atoms with Gasteiger partial charge in [-0.05, 0) is 32.4 Å². The number of aliphatic carboxylic acids is 1. The second-order valence-corrected chi connectivity index (χ2v) is 3.25. The maximum absolute atomic E-state index is 10.2. The molecule has 0 saturated carbocycles. The van der Waals surface area contributed by atoms with Gasteiger partial charge in [0, 0.05) is 6.04 Å². The van der Waals surface area contributed by atoms with Crippen LogP contribution in [0.25, 0.3) is 0 Å². The van der Waals surface area contributed by atoms with E-state index in [0.717, 1.165) is 32.4 Å². The Hall–Kier alpha value is -0.0300. The summed E-state index contributed by atoms with van der Waals surface area (Å²) in [6.07, 6.45) is 2.94. The van der Waals surface area contributed by atoms with Crippen molar-refractivity contribution in [1.82, 2.24) is 5.32 Å². The highest BCUT2D eigenvalue weighted by atomic mass is 35.5. The standard InChI is InChI=1S/C9H20N2O2.2ClH/c1-2-5-11-6-3-4-8(10)7-9(12)13;;/h8,11H,2-7,10H2,1H3,(H,12,13);2*1H. The molecule has 0 amide bonds. The first-order chi connectivity index (χ1) is 6.16. The molecule has 1 unspecified atom stereocenters. The average Bonchev–Trinajstić information content (AvgIpc) is 2.02. The summed E-state index contributed by atoms with van der Waals surface area (Å²) < 4.78 is 0. The highest BCUT2D eigenvalue weighted by Gasteiger charge is 2.06. The van der Waals surface area contributed by atoms with Crippen LogP contribution in [0.2, 0.25) is 0 Å². The van der Waals surface area contributed by atoms with Crippen LogP contribution in [-0.2, 0) is 4.79 Å². The number of nitrogens with two attached hydrogens (primary N) is 1. The molecular weight excluding hydrogens is 239 g/mol. The van der Waals surface area contributed by atoms with Crippen molar-refractivity contribution in [1.29, 1.82) is 0 Å². The first-order valence-electron chi connectivity index (χ1n) is 4.85. The predicted molar refractivity (Wildman–Crippen MR) is 67.1 cm³/mol. The molecule has 0 bridgehead atoms. The fourth-order valence-corrected chi connectivity index (χ4v) is 1.12. The zero-order valence-corrected chi connectivity index (χ0v) is 10.7. The van der Waals surface area contributed by atoms with Crippen LogP contribution in [0.5, 0.6) is 0 Å². The van der Waals surface area contributed by atoms with Crippen molar-refractivity contribution in [3.05, 3.63) is 0 Å². The molecule has 4 nitrogen and oxygen atoms in total. The molecule has 0 aliphatic rings. The highest BCUT2D eigenvalue weighted by Crippen LogP contribution is 1.97. The molecule has 0 rings (SSSR count). The van der Waals surface area contributed by atoms with Crippen molar-refractivity contribution in [3.8, 4) is 0 Å². The van der Waals surface area contributed by atoms with Gasteiger partial charge >= 0.3 is 5.97 Å². The van der Waals surface area contributed by atoms with Gasteiger partial charge in [-0.15, -0.1) is 24.8 Å². The van der Waals surface area contributed by atoms with Crippen LogP contribution in [0.15, 0.2) is 0 Å². The van der Waals surface area contributed by atoms with E-state index < -0.39 is 5.97 Å². The molecule has 0 fully saturated rings. The summed E-state index contributed by atoms with van der Waals surface area (Å²) in [7, 11) is 0. The SMILES string of the molecule is CCCNCCCC(N)CC(=O)O.Cl.Cl. The third kappa shape index (κ3) is 16.6.